The molecule has 0 aromatic heterocycles. The van der Waals surface area contributed by atoms with Crippen LogP contribution in [0.2, 0.25) is 0 Å². The minimum Gasteiger partial charge on any atom is -0.366 e. The molecule has 0 aliphatic carbocycles. The van der Waals surface area contributed by atoms with E-state index >= 15 is 0 Å². The summed E-state index contributed by atoms with van der Waals surface area (Å²) in [5.74, 6) is -0.299. The standard InChI is InChI=1S/C13H18FN3O/c1-16-13(18)7-11(8-15)17-5-4-9-2-3-10(14)6-12(9)17/h2-3,6,11H,4-5,7-8,15H2,1H3,(H,16,18). The predicted octanol–water partition coefficient (Wildman–Crippen LogP) is 0.652. The van der Waals surface area contributed by atoms with Crippen molar-refractivity contribution in [1.29, 1.82) is 0 Å². The van der Waals surface area contributed by atoms with Crippen LogP contribution in [0.1, 0.15) is 12.0 Å². The van der Waals surface area contributed by atoms with E-state index in [-0.39, 0.29) is 17.8 Å². The molecule has 1 atom stereocenters. The zero-order valence-electron chi connectivity index (χ0n) is 10.4. The summed E-state index contributed by atoms with van der Waals surface area (Å²) in [6, 6.07) is 4.72. The third kappa shape index (κ3) is 2.46. The summed E-state index contributed by atoms with van der Waals surface area (Å²) in [5.41, 5.74) is 7.72. The van der Waals surface area contributed by atoms with E-state index in [2.05, 4.69) is 5.32 Å². The molecule has 1 unspecified atom stereocenters. The van der Waals surface area contributed by atoms with Crippen molar-refractivity contribution >= 4 is 11.6 Å². The average molecular weight is 251 g/mol. The smallest absolute Gasteiger partial charge is 0.221 e. The Kier molecular flexibility index (Phi) is 3.81. The van der Waals surface area contributed by atoms with Crippen LogP contribution < -0.4 is 16.0 Å². The van der Waals surface area contributed by atoms with Crippen molar-refractivity contribution in [3.8, 4) is 0 Å². The molecule has 1 aromatic rings. The molecule has 0 bridgehead atoms. The Morgan fingerprint density at radius 1 is 1.61 bits per heavy atom. The summed E-state index contributed by atoms with van der Waals surface area (Å²) >= 11 is 0. The first-order valence-corrected chi connectivity index (χ1v) is 6.11. The first-order chi connectivity index (χ1) is 8.65. The molecule has 1 aliphatic rings. The average Bonchev–Trinajstić information content (AvgIpc) is 2.78. The maximum atomic E-state index is 13.3. The van der Waals surface area contributed by atoms with Gasteiger partial charge in [-0.2, -0.15) is 0 Å². The van der Waals surface area contributed by atoms with Crippen molar-refractivity contribution in [1.82, 2.24) is 5.32 Å². The Bertz CT molecular complexity index is 450. The molecule has 18 heavy (non-hydrogen) atoms. The van der Waals surface area contributed by atoms with Gasteiger partial charge in [0, 0.05) is 38.3 Å². The summed E-state index contributed by atoms with van der Waals surface area (Å²) < 4.78 is 13.3. The number of rotatable bonds is 4. The van der Waals surface area contributed by atoms with Crippen LogP contribution >= 0.6 is 0 Å². The normalized spacial score (nSPS) is 15.4. The number of hydrogen-bond donors (Lipinski definition) is 2. The number of nitrogens with zero attached hydrogens (tertiary/aromatic N) is 1. The van der Waals surface area contributed by atoms with Gasteiger partial charge in [-0.1, -0.05) is 6.07 Å². The van der Waals surface area contributed by atoms with Crippen LogP contribution in [0.5, 0.6) is 0 Å². The lowest BCUT2D eigenvalue weighted by Crippen LogP contribution is -2.42. The van der Waals surface area contributed by atoms with Gasteiger partial charge >= 0.3 is 0 Å². The molecule has 1 amide bonds. The summed E-state index contributed by atoms with van der Waals surface area (Å²) in [6.45, 7) is 1.17. The fourth-order valence-electron chi connectivity index (χ4n) is 2.39. The third-order valence-electron chi connectivity index (χ3n) is 3.39. The minimum absolute atomic E-state index is 0.0460. The van der Waals surface area contributed by atoms with Crippen molar-refractivity contribution in [3.05, 3.63) is 29.6 Å². The Balaban J connectivity index is 2.20. The second-order valence-corrected chi connectivity index (χ2v) is 4.48. The number of hydrogen-bond acceptors (Lipinski definition) is 3. The van der Waals surface area contributed by atoms with Crippen molar-refractivity contribution < 1.29 is 9.18 Å². The second kappa shape index (κ2) is 5.35. The Hall–Kier alpha value is -1.62. The third-order valence-corrected chi connectivity index (χ3v) is 3.39. The number of carbonyl (C=O) groups excluding carboxylic acids is 1. The number of carbonyl (C=O) groups is 1. The molecule has 1 aliphatic heterocycles. The van der Waals surface area contributed by atoms with E-state index in [1.807, 2.05) is 4.90 Å². The highest BCUT2D eigenvalue weighted by Crippen LogP contribution is 2.30. The number of nitrogens with two attached hydrogens (primary N) is 1. The van der Waals surface area contributed by atoms with E-state index in [0.717, 1.165) is 24.2 Å². The van der Waals surface area contributed by atoms with Gasteiger partial charge in [-0.25, -0.2) is 4.39 Å². The molecule has 0 spiro atoms. The van der Waals surface area contributed by atoms with Gasteiger partial charge in [-0.05, 0) is 24.1 Å². The van der Waals surface area contributed by atoms with E-state index in [9.17, 15) is 9.18 Å². The highest BCUT2D eigenvalue weighted by molar-refractivity contribution is 5.77. The zero-order chi connectivity index (χ0) is 13.1. The molecule has 2 rings (SSSR count). The monoisotopic (exact) mass is 251 g/mol. The number of nitrogens with one attached hydrogen (secondary N) is 1. The lowest BCUT2D eigenvalue weighted by Gasteiger charge is -2.28. The summed E-state index contributed by atoms with van der Waals surface area (Å²) in [6.07, 6.45) is 1.21. The second-order valence-electron chi connectivity index (χ2n) is 4.48. The van der Waals surface area contributed by atoms with Crippen LogP contribution in [0, 0.1) is 5.82 Å². The van der Waals surface area contributed by atoms with E-state index in [1.165, 1.54) is 12.1 Å². The van der Waals surface area contributed by atoms with Crippen LogP contribution in [-0.2, 0) is 11.2 Å². The highest BCUT2D eigenvalue weighted by atomic mass is 19.1. The number of anilines is 1. The van der Waals surface area contributed by atoms with Crippen LogP contribution in [0.4, 0.5) is 10.1 Å². The molecular formula is C13H18FN3O. The molecule has 1 heterocycles. The predicted molar refractivity (Wildman–Crippen MR) is 69.0 cm³/mol. The molecule has 5 heteroatoms. The van der Waals surface area contributed by atoms with E-state index in [0.29, 0.717) is 13.0 Å². The SMILES string of the molecule is CNC(=O)CC(CN)N1CCc2ccc(F)cc21. The lowest BCUT2D eigenvalue weighted by atomic mass is 10.1. The number of fused-ring (bicyclic) bond motifs is 1. The molecule has 0 saturated heterocycles. The van der Waals surface area contributed by atoms with Gasteiger partial charge in [0.25, 0.3) is 0 Å². The van der Waals surface area contributed by atoms with Gasteiger partial charge in [-0.15, -0.1) is 0 Å². The number of amides is 1. The van der Waals surface area contributed by atoms with Crippen molar-refractivity contribution in [2.75, 3.05) is 25.0 Å². The van der Waals surface area contributed by atoms with Gasteiger partial charge < -0.3 is 16.0 Å². The maximum absolute atomic E-state index is 13.3. The van der Waals surface area contributed by atoms with E-state index in [4.69, 9.17) is 5.73 Å². The maximum Gasteiger partial charge on any atom is 0.221 e. The molecule has 0 fully saturated rings. The Morgan fingerprint density at radius 2 is 2.39 bits per heavy atom. The molecule has 98 valence electrons. The quantitative estimate of drug-likeness (QED) is 0.826. The fraction of sp³-hybridized carbons (Fsp3) is 0.462. The Labute approximate surface area is 106 Å². The summed E-state index contributed by atoms with van der Waals surface area (Å²) in [5, 5.41) is 2.59. The van der Waals surface area contributed by atoms with E-state index in [1.54, 1.807) is 13.1 Å². The zero-order valence-corrected chi connectivity index (χ0v) is 10.4. The lowest BCUT2D eigenvalue weighted by molar-refractivity contribution is -0.120. The van der Waals surface area contributed by atoms with E-state index < -0.39 is 0 Å². The van der Waals surface area contributed by atoms with Crippen LogP contribution in [0.3, 0.4) is 0 Å². The molecular weight excluding hydrogens is 233 g/mol. The molecule has 3 N–H and O–H groups in total. The topological polar surface area (TPSA) is 58.4 Å². The number of benzene rings is 1. The van der Waals surface area contributed by atoms with Gasteiger partial charge in [0.15, 0.2) is 0 Å². The Morgan fingerprint density at radius 3 is 3.06 bits per heavy atom. The molecule has 0 saturated carbocycles. The summed E-state index contributed by atoms with van der Waals surface area (Å²) in [4.78, 5) is 13.5. The van der Waals surface area contributed by atoms with Crippen LogP contribution in [0.25, 0.3) is 0 Å². The number of halogens is 1. The van der Waals surface area contributed by atoms with Crippen LogP contribution in [-0.4, -0.2) is 32.1 Å². The minimum atomic E-state index is -0.253. The first-order valence-electron chi connectivity index (χ1n) is 6.11. The largest absolute Gasteiger partial charge is 0.366 e. The van der Waals surface area contributed by atoms with Crippen molar-refractivity contribution in [2.45, 2.75) is 18.9 Å². The van der Waals surface area contributed by atoms with Gasteiger partial charge in [-0.3, -0.25) is 4.79 Å². The molecule has 4 nitrogen and oxygen atoms in total. The van der Waals surface area contributed by atoms with Crippen molar-refractivity contribution in [3.63, 3.8) is 0 Å². The van der Waals surface area contributed by atoms with Gasteiger partial charge in [0.05, 0.1) is 0 Å². The van der Waals surface area contributed by atoms with Gasteiger partial charge in [0.1, 0.15) is 5.82 Å². The first kappa shape index (κ1) is 12.8. The summed E-state index contributed by atoms with van der Waals surface area (Å²) in [7, 11) is 1.60. The van der Waals surface area contributed by atoms with Crippen molar-refractivity contribution in [2.24, 2.45) is 5.73 Å². The van der Waals surface area contributed by atoms with Gasteiger partial charge in [0.2, 0.25) is 5.91 Å². The highest BCUT2D eigenvalue weighted by Gasteiger charge is 2.26. The molecule has 1 aromatic carbocycles. The fourth-order valence-corrected chi connectivity index (χ4v) is 2.39. The van der Waals surface area contributed by atoms with Crippen LogP contribution in [0.15, 0.2) is 18.2 Å². The molecule has 0 radical (unpaired) electrons.